The molecular formula is C20H16N4OS2. The van der Waals surface area contributed by atoms with Crippen LogP contribution in [-0.4, -0.2) is 22.1 Å². The molecular weight excluding hydrogens is 376 g/mol. The van der Waals surface area contributed by atoms with Crippen molar-refractivity contribution < 1.29 is 4.79 Å². The summed E-state index contributed by atoms with van der Waals surface area (Å²) in [6.45, 7) is 0. The average Bonchev–Trinajstić information content (AvgIpc) is 3.41. The number of aromatic nitrogens is 2. The summed E-state index contributed by atoms with van der Waals surface area (Å²) in [6.07, 6.45) is 5.82. The second kappa shape index (κ2) is 7.51. The number of nitrogens with one attached hydrogen (secondary N) is 1. The summed E-state index contributed by atoms with van der Waals surface area (Å²) >= 11 is 2.97. The Morgan fingerprint density at radius 1 is 1.33 bits per heavy atom. The minimum Gasteiger partial charge on any atom is -0.322 e. The molecule has 1 amide bonds. The number of thioether (sulfide) groups is 1. The third-order valence-corrected chi connectivity index (χ3v) is 5.88. The van der Waals surface area contributed by atoms with Crippen LogP contribution < -0.4 is 5.32 Å². The number of carbonyl (C=O) groups is 1. The zero-order valence-corrected chi connectivity index (χ0v) is 16.2. The number of rotatable bonds is 5. The number of benzene rings is 1. The van der Waals surface area contributed by atoms with Gasteiger partial charge in [0.1, 0.15) is 16.1 Å². The summed E-state index contributed by atoms with van der Waals surface area (Å²) in [6, 6.07) is 11.5. The van der Waals surface area contributed by atoms with Crippen molar-refractivity contribution in [1.29, 1.82) is 5.26 Å². The Morgan fingerprint density at radius 2 is 2.11 bits per heavy atom. The molecule has 0 unspecified atom stereocenters. The minimum absolute atomic E-state index is 0.284. The summed E-state index contributed by atoms with van der Waals surface area (Å²) in [5.74, 6) is 0.126. The fraction of sp³-hybridized carbons (Fsp3) is 0.200. The number of anilines is 1. The zero-order valence-electron chi connectivity index (χ0n) is 14.6. The highest BCUT2D eigenvalue weighted by Crippen LogP contribution is 2.40. The number of nitriles is 1. The van der Waals surface area contributed by atoms with Gasteiger partial charge >= 0.3 is 0 Å². The Kier molecular flexibility index (Phi) is 4.92. The first-order valence-electron chi connectivity index (χ1n) is 8.50. The maximum absolute atomic E-state index is 12.9. The van der Waals surface area contributed by atoms with Crippen molar-refractivity contribution in [3.05, 3.63) is 58.7 Å². The topological polar surface area (TPSA) is 78.7 Å². The van der Waals surface area contributed by atoms with Crippen molar-refractivity contribution in [2.24, 2.45) is 0 Å². The Hall–Kier alpha value is -2.69. The van der Waals surface area contributed by atoms with Crippen molar-refractivity contribution in [3.8, 4) is 16.6 Å². The second-order valence-electron chi connectivity index (χ2n) is 6.23. The van der Waals surface area contributed by atoms with E-state index in [9.17, 15) is 10.1 Å². The lowest BCUT2D eigenvalue weighted by molar-refractivity contribution is 0.102. The smallest absolute Gasteiger partial charge is 0.257 e. The van der Waals surface area contributed by atoms with Gasteiger partial charge in [-0.05, 0) is 49.4 Å². The third-order valence-electron chi connectivity index (χ3n) is 4.37. The van der Waals surface area contributed by atoms with Crippen molar-refractivity contribution in [3.63, 3.8) is 0 Å². The van der Waals surface area contributed by atoms with Crippen LogP contribution in [-0.2, 0) is 0 Å². The van der Waals surface area contributed by atoms with Crippen LogP contribution in [0.2, 0.25) is 0 Å². The van der Waals surface area contributed by atoms with Gasteiger partial charge in [0.15, 0.2) is 0 Å². The SMILES string of the molecule is CSc1nc(C2CC2)cc(C(=O)Nc2ccc(-c3nccs3)cc2)c1C#N. The average molecular weight is 393 g/mol. The van der Waals surface area contributed by atoms with E-state index in [1.165, 1.54) is 11.8 Å². The summed E-state index contributed by atoms with van der Waals surface area (Å²) < 4.78 is 0. The molecule has 1 aromatic carbocycles. The van der Waals surface area contributed by atoms with Crippen LogP contribution in [0.25, 0.3) is 10.6 Å². The molecule has 1 aliphatic carbocycles. The van der Waals surface area contributed by atoms with E-state index in [1.54, 1.807) is 23.6 Å². The predicted octanol–water partition coefficient (Wildman–Crippen LogP) is 4.93. The zero-order chi connectivity index (χ0) is 18.8. The van der Waals surface area contributed by atoms with E-state index < -0.39 is 0 Å². The van der Waals surface area contributed by atoms with Crippen LogP contribution in [0, 0.1) is 11.3 Å². The monoisotopic (exact) mass is 392 g/mol. The quantitative estimate of drug-likeness (QED) is 0.623. The van der Waals surface area contributed by atoms with Crippen molar-refractivity contribution in [2.75, 3.05) is 11.6 Å². The minimum atomic E-state index is -0.284. The molecule has 0 radical (unpaired) electrons. The molecule has 3 aromatic rings. The number of carbonyl (C=O) groups excluding carboxylic acids is 1. The van der Waals surface area contributed by atoms with Gasteiger partial charge in [0.05, 0.1) is 11.1 Å². The second-order valence-corrected chi connectivity index (χ2v) is 7.92. The van der Waals surface area contributed by atoms with E-state index in [0.717, 1.165) is 29.1 Å². The fourth-order valence-electron chi connectivity index (χ4n) is 2.82. The molecule has 134 valence electrons. The number of hydrogen-bond acceptors (Lipinski definition) is 6. The van der Waals surface area contributed by atoms with Gasteiger partial charge in [-0.1, -0.05) is 0 Å². The maximum Gasteiger partial charge on any atom is 0.257 e. The van der Waals surface area contributed by atoms with Crippen molar-refractivity contribution >= 4 is 34.7 Å². The van der Waals surface area contributed by atoms with E-state index >= 15 is 0 Å². The first-order chi connectivity index (χ1) is 13.2. The Balaban J connectivity index is 1.61. The van der Waals surface area contributed by atoms with E-state index in [4.69, 9.17) is 0 Å². The normalized spacial score (nSPS) is 13.2. The molecule has 0 atom stereocenters. The molecule has 0 spiro atoms. The summed E-state index contributed by atoms with van der Waals surface area (Å²) in [7, 11) is 0. The van der Waals surface area contributed by atoms with E-state index in [-0.39, 0.29) is 5.91 Å². The molecule has 5 nitrogen and oxygen atoms in total. The van der Waals surface area contributed by atoms with Gasteiger partial charge in [-0.2, -0.15) is 5.26 Å². The molecule has 0 aliphatic heterocycles. The summed E-state index contributed by atoms with van der Waals surface area (Å²) in [4.78, 5) is 21.7. The van der Waals surface area contributed by atoms with Crippen molar-refractivity contribution in [1.82, 2.24) is 9.97 Å². The van der Waals surface area contributed by atoms with E-state index in [2.05, 4.69) is 21.4 Å². The lowest BCUT2D eigenvalue weighted by Crippen LogP contribution is -2.15. The highest BCUT2D eigenvalue weighted by atomic mass is 32.2. The number of nitrogens with zero attached hydrogens (tertiary/aromatic N) is 3. The lowest BCUT2D eigenvalue weighted by Gasteiger charge is -2.11. The maximum atomic E-state index is 12.9. The van der Waals surface area contributed by atoms with Gasteiger partial charge in [0.25, 0.3) is 5.91 Å². The fourth-order valence-corrected chi connectivity index (χ4v) is 4.03. The standard InChI is InChI=1S/C20H16N4OS2/c1-26-20-16(11-21)15(10-17(24-20)12-2-3-12)18(25)23-14-6-4-13(5-7-14)19-22-8-9-27-19/h4-10,12H,2-3H2,1H3,(H,23,25). The van der Waals surface area contributed by atoms with Crippen LogP contribution in [0.15, 0.2) is 46.9 Å². The number of hydrogen-bond donors (Lipinski definition) is 1. The first-order valence-corrected chi connectivity index (χ1v) is 10.6. The molecule has 4 rings (SSSR count). The molecule has 1 fully saturated rings. The molecule has 0 bridgehead atoms. The molecule has 2 aromatic heterocycles. The molecule has 7 heteroatoms. The first kappa shape index (κ1) is 17.7. The van der Waals surface area contributed by atoms with Gasteiger partial charge in [-0.3, -0.25) is 4.79 Å². The molecule has 27 heavy (non-hydrogen) atoms. The van der Waals surface area contributed by atoms with Crippen LogP contribution in [0.4, 0.5) is 5.69 Å². The Bertz CT molecular complexity index is 1020. The van der Waals surface area contributed by atoms with E-state index in [0.29, 0.717) is 27.8 Å². The highest BCUT2D eigenvalue weighted by Gasteiger charge is 2.28. The third kappa shape index (κ3) is 3.72. The van der Waals surface area contributed by atoms with Crippen LogP contribution >= 0.6 is 23.1 Å². The molecule has 1 N–H and O–H groups in total. The van der Waals surface area contributed by atoms with Crippen molar-refractivity contribution in [2.45, 2.75) is 23.8 Å². The molecule has 1 saturated carbocycles. The van der Waals surface area contributed by atoms with Gasteiger partial charge in [-0.15, -0.1) is 23.1 Å². The largest absolute Gasteiger partial charge is 0.322 e. The Morgan fingerprint density at radius 3 is 2.70 bits per heavy atom. The number of thiazole rings is 1. The van der Waals surface area contributed by atoms with Gasteiger partial charge in [0.2, 0.25) is 0 Å². The Labute approximate surface area is 165 Å². The van der Waals surface area contributed by atoms with E-state index in [1.807, 2.05) is 35.9 Å². The van der Waals surface area contributed by atoms with Gasteiger partial charge in [0, 0.05) is 34.4 Å². The molecule has 1 aliphatic rings. The number of pyridine rings is 1. The summed E-state index contributed by atoms with van der Waals surface area (Å²) in [5.41, 5.74) is 3.32. The highest BCUT2D eigenvalue weighted by molar-refractivity contribution is 7.98. The number of amides is 1. The summed E-state index contributed by atoms with van der Waals surface area (Å²) in [5, 5.41) is 15.9. The molecule has 2 heterocycles. The molecule has 0 saturated heterocycles. The predicted molar refractivity (Wildman–Crippen MR) is 108 cm³/mol. The van der Waals surface area contributed by atoms with Crippen LogP contribution in [0.5, 0.6) is 0 Å². The van der Waals surface area contributed by atoms with Crippen LogP contribution in [0.1, 0.15) is 40.4 Å². The van der Waals surface area contributed by atoms with Gasteiger partial charge in [-0.25, -0.2) is 9.97 Å². The van der Waals surface area contributed by atoms with Crippen LogP contribution in [0.3, 0.4) is 0 Å². The lowest BCUT2D eigenvalue weighted by atomic mass is 10.1. The van der Waals surface area contributed by atoms with Gasteiger partial charge < -0.3 is 5.32 Å².